The van der Waals surface area contributed by atoms with Gasteiger partial charge in [-0.1, -0.05) is 11.6 Å². The number of amidine groups is 1. The predicted octanol–water partition coefficient (Wildman–Crippen LogP) is 2.81. The molecule has 0 unspecified atom stereocenters. The minimum Gasteiger partial charge on any atom is -0.269 e. The molecule has 0 fully saturated rings. The van der Waals surface area contributed by atoms with Crippen molar-refractivity contribution >= 4 is 29.0 Å². The summed E-state index contributed by atoms with van der Waals surface area (Å²) < 4.78 is 0. The van der Waals surface area contributed by atoms with Crippen LogP contribution in [0, 0.1) is 0 Å². The van der Waals surface area contributed by atoms with Crippen LogP contribution in [0.25, 0.3) is 0 Å². The Balaban J connectivity index is 2.06. The summed E-state index contributed by atoms with van der Waals surface area (Å²) in [6.07, 6.45) is 0.872. The van der Waals surface area contributed by atoms with Crippen LogP contribution in [0.3, 0.4) is 0 Å². The smallest absolute Gasteiger partial charge is 0.260 e. The van der Waals surface area contributed by atoms with Crippen LogP contribution in [0.2, 0.25) is 5.02 Å². The Kier molecular flexibility index (Phi) is 2.30. The van der Waals surface area contributed by atoms with Crippen molar-refractivity contribution in [1.82, 2.24) is 0 Å². The number of anilines is 1. The molecule has 0 saturated carbocycles. The Morgan fingerprint density at radius 2 is 2.00 bits per heavy atom. The van der Waals surface area contributed by atoms with Gasteiger partial charge in [0, 0.05) is 22.7 Å². The second-order valence-electron chi connectivity index (χ2n) is 4.18. The van der Waals surface area contributed by atoms with Gasteiger partial charge in [0.05, 0.1) is 5.69 Å². The molecule has 86 valence electrons. The highest BCUT2D eigenvalue weighted by atomic mass is 35.5. The second kappa shape index (κ2) is 3.70. The zero-order valence-electron chi connectivity index (χ0n) is 9.40. The van der Waals surface area contributed by atoms with Crippen LogP contribution in [0.4, 0.5) is 5.69 Å². The number of carbonyl (C=O) groups is 1. The van der Waals surface area contributed by atoms with Gasteiger partial charge in [-0.25, -0.2) is 0 Å². The summed E-state index contributed by atoms with van der Waals surface area (Å²) in [7, 11) is 0. The van der Waals surface area contributed by atoms with Crippen molar-refractivity contribution in [3.63, 3.8) is 0 Å². The number of fused-ring (bicyclic) bond motifs is 1. The molecule has 2 aliphatic heterocycles. The third-order valence-electron chi connectivity index (χ3n) is 3.17. The molecule has 1 aromatic rings. The highest BCUT2D eigenvalue weighted by Crippen LogP contribution is 2.32. The van der Waals surface area contributed by atoms with Crippen molar-refractivity contribution in [2.75, 3.05) is 11.4 Å². The first-order chi connectivity index (χ1) is 8.18. The molecule has 0 aliphatic carbocycles. The summed E-state index contributed by atoms with van der Waals surface area (Å²) in [5, 5.41) is 0.665. The molecule has 0 aromatic heterocycles. The quantitative estimate of drug-likeness (QED) is 0.750. The Morgan fingerprint density at radius 1 is 1.29 bits per heavy atom. The maximum atomic E-state index is 12.2. The minimum absolute atomic E-state index is 0.0285. The zero-order chi connectivity index (χ0) is 12.0. The van der Waals surface area contributed by atoms with E-state index in [0.29, 0.717) is 5.02 Å². The van der Waals surface area contributed by atoms with Crippen LogP contribution in [-0.4, -0.2) is 18.3 Å². The van der Waals surface area contributed by atoms with Crippen LogP contribution in [-0.2, 0) is 4.79 Å². The molecular formula is C13H11ClN2O. The van der Waals surface area contributed by atoms with Crippen molar-refractivity contribution < 1.29 is 4.79 Å². The normalized spacial score (nSPS) is 18.8. The Bertz CT molecular complexity index is 557. The molecule has 2 aliphatic rings. The number of hydrogen-bond acceptors (Lipinski definition) is 2. The summed E-state index contributed by atoms with van der Waals surface area (Å²) in [6, 6.07) is 7.26. The molecule has 1 amide bonds. The lowest BCUT2D eigenvalue weighted by molar-refractivity contribution is -0.113. The maximum absolute atomic E-state index is 12.2. The van der Waals surface area contributed by atoms with Crippen molar-refractivity contribution in [1.29, 1.82) is 0 Å². The molecule has 1 aromatic carbocycles. The average Bonchev–Trinajstić information content (AvgIpc) is 2.87. The fourth-order valence-corrected chi connectivity index (χ4v) is 2.39. The number of benzene rings is 1. The first-order valence-electron chi connectivity index (χ1n) is 5.53. The van der Waals surface area contributed by atoms with E-state index in [9.17, 15) is 4.79 Å². The molecule has 0 atom stereocenters. The fraction of sp³-hybridized carbons (Fsp3) is 0.231. The third kappa shape index (κ3) is 1.50. The number of aliphatic imine (C=N–C) groups is 1. The highest BCUT2D eigenvalue weighted by molar-refractivity contribution is 6.35. The SMILES string of the molecule is CC1=C2CCN=C2N(c2ccc(Cl)cc2)C1=O. The summed E-state index contributed by atoms with van der Waals surface area (Å²) in [5.41, 5.74) is 2.73. The standard InChI is InChI=1S/C13H11ClN2O/c1-8-11-6-7-15-12(11)16(13(8)17)10-4-2-9(14)3-5-10/h2-5H,6-7H2,1H3. The second-order valence-corrected chi connectivity index (χ2v) is 4.61. The van der Waals surface area contributed by atoms with E-state index in [1.165, 1.54) is 0 Å². The van der Waals surface area contributed by atoms with Crippen LogP contribution in [0.5, 0.6) is 0 Å². The van der Waals surface area contributed by atoms with Gasteiger partial charge >= 0.3 is 0 Å². The Morgan fingerprint density at radius 3 is 2.71 bits per heavy atom. The highest BCUT2D eigenvalue weighted by Gasteiger charge is 2.36. The Hall–Kier alpha value is -1.61. The lowest BCUT2D eigenvalue weighted by atomic mass is 10.1. The molecule has 3 nitrogen and oxygen atoms in total. The van der Waals surface area contributed by atoms with Gasteiger partial charge in [-0.05, 0) is 37.6 Å². The van der Waals surface area contributed by atoms with Gasteiger partial charge in [-0.3, -0.25) is 14.7 Å². The van der Waals surface area contributed by atoms with Crippen molar-refractivity contribution in [3.8, 4) is 0 Å². The number of nitrogens with zero attached hydrogens (tertiary/aromatic N) is 2. The maximum Gasteiger partial charge on any atom is 0.260 e. The summed E-state index contributed by atoms with van der Waals surface area (Å²) in [6.45, 7) is 2.65. The number of halogens is 1. The van der Waals surface area contributed by atoms with E-state index < -0.39 is 0 Å². The minimum atomic E-state index is 0.0285. The molecule has 0 spiro atoms. The molecule has 4 heteroatoms. The average molecular weight is 247 g/mol. The fourth-order valence-electron chi connectivity index (χ4n) is 2.26. The van der Waals surface area contributed by atoms with Gasteiger partial charge in [0.15, 0.2) is 0 Å². The van der Waals surface area contributed by atoms with Crippen molar-refractivity contribution in [3.05, 3.63) is 40.4 Å². The molecule has 0 radical (unpaired) electrons. The first kappa shape index (κ1) is 10.5. The monoisotopic (exact) mass is 246 g/mol. The number of carbonyl (C=O) groups excluding carboxylic acids is 1. The molecule has 0 saturated heterocycles. The summed E-state index contributed by atoms with van der Waals surface area (Å²) >= 11 is 5.85. The van der Waals surface area contributed by atoms with Gasteiger partial charge in [-0.2, -0.15) is 0 Å². The van der Waals surface area contributed by atoms with Crippen molar-refractivity contribution in [2.45, 2.75) is 13.3 Å². The molecule has 2 heterocycles. The number of hydrogen-bond donors (Lipinski definition) is 0. The van der Waals surface area contributed by atoms with E-state index in [4.69, 9.17) is 11.6 Å². The van der Waals surface area contributed by atoms with E-state index >= 15 is 0 Å². The lowest BCUT2D eigenvalue weighted by Crippen LogP contribution is -2.30. The van der Waals surface area contributed by atoms with Gasteiger partial charge in [0.1, 0.15) is 5.84 Å². The van der Waals surface area contributed by atoms with Gasteiger partial charge in [0.25, 0.3) is 5.91 Å². The molecule has 0 bridgehead atoms. The van der Waals surface area contributed by atoms with Crippen LogP contribution in [0.1, 0.15) is 13.3 Å². The summed E-state index contributed by atoms with van der Waals surface area (Å²) in [5.74, 6) is 0.843. The first-order valence-corrected chi connectivity index (χ1v) is 5.91. The van der Waals surface area contributed by atoms with Crippen LogP contribution >= 0.6 is 11.6 Å². The van der Waals surface area contributed by atoms with Gasteiger partial charge < -0.3 is 0 Å². The molecular weight excluding hydrogens is 236 g/mol. The largest absolute Gasteiger partial charge is 0.269 e. The summed E-state index contributed by atoms with van der Waals surface area (Å²) in [4.78, 5) is 18.2. The Labute approximate surface area is 104 Å². The van der Waals surface area contributed by atoms with Crippen molar-refractivity contribution in [2.24, 2.45) is 4.99 Å². The van der Waals surface area contributed by atoms with Gasteiger partial charge in [-0.15, -0.1) is 0 Å². The van der Waals surface area contributed by atoms with Gasteiger partial charge in [0.2, 0.25) is 0 Å². The van der Waals surface area contributed by atoms with E-state index in [1.807, 2.05) is 19.1 Å². The van der Waals surface area contributed by atoms with E-state index in [1.54, 1.807) is 17.0 Å². The van der Waals surface area contributed by atoms with E-state index in [0.717, 1.165) is 35.6 Å². The number of rotatable bonds is 1. The lowest BCUT2D eigenvalue weighted by Gasteiger charge is -2.17. The van der Waals surface area contributed by atoms with E-state index in [2.05, 4.69) is 4.99 Å². The van der Waals surface area contributed by atoms with Crippen LogP contribution < -0.4 is 4.90 Å². The van der Waals surface area contributed by atoms with Crippen LogP contribution in [0.15, 0.2) is 40.4 Å². The predicted molar refractivity (Wildman–Crippen MR) is 68.6 cm³/mol. The molecule has 17 heavy (non-hydrogen) atoms. The topological polar surface area (TPSA) is 32.7 Å². The molecule has 3 rings (SSSR count). The third-order valence-corrected chi connectivity index (χ3v) is 3.42. The zero-order valence-corrected chi connectivity index (χ0v) is 10.2. The van der Waals surface area contributed by atoms with E-state index in [-0.39, 0.29) is 5.91 Å². The molecule has 0 N–H and O–H groups in total. The number of amides is 1.